The number of hydrogen-bond donors (Lipinski definition) is 2. The summed E-state index contributed by atoms with van der Waals surface area (Å²) >= 11 is 0. The van der Waals surface area contributed by atoms with E-state index in [0.717, 1.165) is 29.8 Å². The highest BCUT2D eigenvalue weighted by molar-refractivity contribution is 5.93. The molecule has 0 saturated heterocycles. The van der Waals surface area contributed by atoms with Crippen molar-refractivity contribution < 1.29 is 9.59 Å². The standard InChI is InChI=1S/C15H21N7O2/c1-9-12(10(2)21(3)19-9)6-16-14(23)8-22-7-13(18-20-22)17-15(24)11-4-5-11/h7,11H,4-6,8H2,1-3H3,(H,16,23)(H,17,24). The zero-order valence-corrected chi connectivity index (χ0v) is 14.0. The largest absolute Gasteiger partial charge is 0.350 e. The van der Waals surface area contributed by atoms with Gasteiger partial charge in [0.15, 0.2) is 5.82 Å². The lowest BCUT2D eigenvalue weighted by molar-refractivity contribution is -0.122. The van der Waals surface area contributed by atoms with Gasteiger partial charge < -0.3 is 10.6 Å². The summed E-state index contributed by atoms with van der Waals surface area (Å²) < 4.78 is 3.20. The van der Waals surface area contributed by atoms with Crippen LogP contribution < -0.4 is 10.6 Å². The van der Waals surface area contributed by atoms with E-state index in [2.05, 4.69) is 26.0 Å². The van der Waals surface area contributed by atoms with Crippen molar-refractivity contribution >= 4 is 17.6 Å². The number of nitrogens with zero attached hydrogens (tertiary/aromatic N) is 5. The number of anilines is 1. The summed E-state index contributed by atoms with van der Waals surface area (Å²) in [6.45, 7) is 4.35. The minimum atomic E-state index is -0.178. The van der Waals surface area contributed by atoms with E-state index in [1.54, 1.807) is 10.9 Å². The van der Waals surface area contributed by atoms with Gasteiger partial charge in [-0.25, -0.2) is 4.68 Å². The van der Waals surface area contributed by atoms with Gasteiger partial charge in [-0.05, 0) is 26.7 Å². The van der Waals surface area contributed by atoms with Gasteiger partial charge in [-0.1, -0.05) is 5.21 Å². The highest BCUT2D eigenvalue weighted by Gasteiger charge is 2.30. The molecule has 9 heteroatoms. The van der Waals surface area contributed by atoms with Crippen LogP contribution in [0.3, 0.4) is 0 Å². The van der Waals surface area contributed by atoms with Gasteiger partial charge in [-0.15, -0.1) is 5.10 Å². The van der Waals surface area contributed by atoms with E-state index >= 15 is 0 Å². The average molecular weight is 331 g/mol. The van der Waals surface area contributed by atoms with Crippen molar-refractivity contribution in [3.05, 3.63) is 23.1 Å². The molecule has 2 aromatic rings. The predicted molar refractivity (Wildman–Crippen MR) is 85.9 cm³/mol. The Bertz CT molecular complexity index is 773. The third-order valence-corrected chi connectivity index (χ3v) is 4.16. The Labute approximate surface area is 139 Å². The molecule has 9 nitrogen and oxygen atoms in total. The van der Waals surface area contributed by atoms with Gasteiger partial charge in [-0.3, -0.25) is 14.3 Å². The molecule has 0 atom stereocenters. The van der Waals surface area contributed by atoms with Gasteiger partial charge in [0.05, 0.1) is 11.9 Å². The molecule has 1 fully saturated rings. The molecule has 0 spiro atoms. The van der Waals surface area contributed by atoms with E-state index in [1.165, 1.54) is 4.68 Å². The first-order valence-corrected chi connectivity index (χ1v) is 7.91. The van der Waals surface area contributed by atoms with Crippen LogP contribution in [-0.4, -0.2) is 36.6 Å². The Balaban J connectivity index is 1.51. The molecule has 128 valence electrons. The van der Waals surface area contributed by atoms with E-state index < -0.39 is 0 Å². The van der Waals surface area contributed by atoms with Crippen molar-refractivity contribution in [2.45, 2.75) is 39.8 Å². The van der Waals surface area contributed by atoms with Crippen LogP contribution in [0.1, 0.15) is 29.8 Å². The van der Waals surface area contributed by atoms with Crippen LogP contribution in [0, 0.1) is 19.8 Å². The van der Waals surface area contributed by atoms with Crippen molar-refractivity contribution in [1.82, 2.24) is 30.1 Å². The summed E-state index contributed by atoms with van der Waals surface area (Å²) in [7, 11) is 1.88. The lowest BCUT2D eigenvalue weighted by atomic mass is 10.2. The fourth-order valence-corrected chi connectivity index (χ4v) is 2.47. The minimum absolute atomic E-state index is 0.0333. The molecule has 2 heterocycles. The zero-order chi connectivity index (χ0) is 17.3. The van der Waals surface area contributed by atoms with E-state index in [9.17, 15) is 9.59 Å². The number of carbonyl (C=O) groups is 2. The maximum absolute atomic E-state index is 12.1. The Morgan fingerprint density at radius 2 is 2.08 bits per heavy atom. The first-order chi connectivity index (χ1) is 11.4. The lowest BCUT2D eigenvalue weighted by Gasteiger charge is -2.05. The molecule has 0 bridgehead atoms. The molecule has 2 amide bonds. The van der Waals surface area contributed by atoms with Crippen molar-refractivity contribution in [2.75, 3.05) is 5.32 Å². The van der Waals surface area contributed by atoms with Crippen LogP contribution in [0.25, 0.3) is 0 Å². The van der Waals surface area contributed by atoms with E-state index in [-0.39, 0.29) is 24.3 Å². The summed E-state index contributed by atoms with van der Waals surface area (Å²) in [6.07, 6.45) is 3.41. The Morgan fingerprint density at radius 1 is 1.33 bits per heavy atom. The highest BCUT2D eigenvalue weighted by atomic mass is 16.2. The second kappa shape index (κ2) is 6.42. The molecule has 3 rings (SSSR count). The number of aromatic nitrogens is 5. The predicted octanol–water partition coefficient (Wildman–Crippen LogP) is 0.293. The van der Waals surface area contributed by atoms with E-state index in [1.807, 2.05) is 20.9 Å². The van der Waals surface area contributed by atoms with Crippen LogP contribution in [0.5, 0.6) is 0 Å². The number of carbonyl (C=O) groups excluding carboxylic acids is 2. The number of hydrogen-bond acceptors (Lipinski definition) is 5. The van der Waals surface area contributed by atoms with Gasteiger partial charge in [-0.2, -0.15) is 5.10 Å². The fraction of sp³-hybridized carbons (Fsp3) is 0.533. The summed E-state index contributed by atoms with van der Waals surface area (Å²) in [5.74, 6) is 0.264. The van der Waals surface area contributed by atoms with Crippen LogP contribution in [0.15, 0.2) is 6.20 Å². The Kier molecular flexibility index (Phi) is 4.32. The molecular formula is C15H21N7O2. The average Bonchev–Trinajstić information content (AvgIpc) is 3.24. The number of aryl methyl sites for hydroxylation is 2. The normalized spacial score (nSPS) is 13.8. The Hall–Kier alpha value is -2.71. The van der Waals surface area contributed by atoms with Crippen LogP contribution >= 0.6 is 0 Å². The van der Waals surface area contributed by atoms with Crippen LogP contribution in [-0.2, 0) is 29.7 Å². The molecule has 0 aliphatic heterocycles. The first-order valence-electron chi connectivity index (χ1n) is 7.91. The molecule has 0 aromatic carbocycles. The SMILES string of the molecule is Cc1nn(C)c(C)c1CNC(=O)Cn1cc(NC(=O)C2CC2)nn1. The van der Waals surface area contributed by atoms with Gasteiger partial charge in [0.2, 0.25) is 11.8 Å². The van der Waals surface area contributed by atoms with Gasteiger partial charge >= 0.3 is 0 Å². The topological polar surface area (TPSA) is 107 Å². The maximum Gasteiger partial charge on any atom is 0.242 e. The van der Waals surface area contributed by atoms with Crippen molar-refractivity contribution in [3.8, 4) is 0 Å². The second-order valence-electron chi connectivity index (χ2n) is 6.11. The van der Waals surface area contributed by atoms with Crippen LogP contribution in [0.2, 0.25) is 0 Å². The monoisotopic (exact) mass is 331 g/mol. The van der Waals surface area contributed by atoms with Gasteiger partial charge in [0.25, 0.3) is 0 Å². The fourth-order valence-electron chi connectivity index (χ4n) is 2.47. The smallest absolute Gasteiger partial charge is 0.242 e. The van der Waals surface area contributed by atoms with Crippen molar-refractivity contribution in [3.63, 3.8) is 0 Å². The number of amides is 2. The summed E-state index contributed by atoms with van der Waals surface area (Å²) in [5.41, 5.74) is 2.95. The quantitative estimate of drug-likeness (QED) is 0.791. The minimum Gasteiger partial charge on any atom is -0.350 e. The summed E-state index contributed by atoms with van der Waals surface area (Å²) in [6, 6.07) is 0. The molecular weight excluding hydrogens is 310 g/mol. The summed E-state index contributed by atoms with van der Waals surface area (Å²) in [4.78, 5) is 23.7. The molecule has 24 heavy (non-hydrogen) atoms. The van der Waals surface area contributed by atoms with Gasteiger partial charge in [0.1, 0.15) is 6.54 Å². The molecule has 2 aromatic heterocycles. The summed E-state index contributed by atoms with van der Waals surface area (Å²) in [5, 5.41) is 17.6. The van der Waals surface area contributed by atoms with E-state index in [4.69, 9.17) is 0 Å². The third-order valence-electron chi connectivity index (χ3n) is 4.16. The highest BCUT2D eigenvalue weighted by Crippen LogP contribution is 2.29. The molecule has 1 aliphatic rings. The van der Waals surface area contributed by atoms with Gasteiger partial charge in [0, 0.05) is 30.8 Å². The van der Waals surface area contributed by atoms with E-state index in [0.29, 0.717) is 12.4 Å². The molecule has 0 unspecified atom stereocenters. The number of nitrogens with one attached hydrogen (secondary N) is 2. The molecule has 2 N–H and O–H groups in total. The lowest BCUT2D eigenvalue weighted by Crippen LogP contribution is -2.27. The zero-order valence-electron chi connectivity index (χ0n) is 14.0. The molecule has 1 aliphatic carbocycles. The second-order valence-corrected chi connectivity index (χ2v) is 6.11. The molecule has 0 radical (unpaired) electrons. The van der Waals surface area contributed by atoms with Crippen molar-refractivity contribution in [1.29, 1.82) is 0 Å². The maximum atomic E-state index is 12.1. The number of rotatable bonds is 6. The van der Waals surface area contributed by atoms with Crippen molar-refractivity contribution in [2.24, 2.45) is 13.0 Å². The molecule has 1 saturated carbocycles. The third kappa shape index (κ3) is 3.61. The van der Waals surface area contributed by atoms with Crippen LogP contribution in [0.4, 0.5) is 5.82 Å². The Morgan fingerprint density at radius 3 is 2.71 bits per heavy atom. The first kappa shape index (κ1) is 16.2.